The first-order chi connectivity index (χ1) is 10.2. The monoisotopic (exact) mass is 320 g/mol. The van der Waals surface area contributed by atoms with Crippen molar-refractivity contribution in [2.45, 2.75) is 4.21 Å². The highest BCUT2D eigenvalue weighted by atomic mass is 32.2. The van der Waals surface area contributed by atoms with Crippen LogP contribution in [0.25, 0.3) is 10.2 Å². The third kappa shape index (κ3) is 2.74. The molecule has 0 saturated heterocycles. The number of rotatable bonds is 4. The van der Waals surface area contributed by atoms with Gasteiger partial charge in [0, 0.05) is 18.3 Å². The topological polar surface area (TPSA) is 51.6 Å². The molecule has 0 fully saturated rings. The molecule has 1 aromatic carbocycles. The number of hydrogen-bond acceptors (Lipinski definition) is 6. The molecule has 3 rings (SSSR count). The van der Waals surface area contributed by atoms with Gasteiger partial charge in [0.05, 0.1) is 14.4 Å². The summed E-state index contributed by atoms with van der Waals surface area (Å²) < 4.78 is 21.4. The van der Waals surface area contributed by atoms with E-state index in [4.69, 9.17) is 4.74 Å². The Kier molecular flexibility index (Phi) is 3.85. The molecule has 2 heterocycles. The fourth-order valence-electron chi connectivity index (χ4n) is 1.82. The Morgan fingerprint density at radius 3 is 2.86 bits per heavy atom. The van der Waals surface area contributed by atoms with Crippen LogP contribution < -0.4 is 4.74 Å². The van der Waals surface area contributed by atoms with E-state index in [0.717, 1.165) is 20.5 Å². The summed E-state index contributed by atoms with van der Waals surface area (Å²) in [4.78, 5) is 14.6. The van der Waals surface area contributed by atoms with Crippen LogP contribution in [0.15, 0.2) is 45.9 Å². The number of nitrogens with zero attached hydrogens (tertiary/aromatic N) is 2. The molecular weight excluding hydrogens is 311 g/mol. The molecule has 106 valence electrons. The number of halogens is 1. The minimum atomic E-state index is -0.626. The summed E-state index contributed by atoms with van der Waals surface area (Å²) in [6.45, 7) is 0. The maximum absolute atomic E-state index is 13.9. The summed E-state index contributed by atoms with van der Waals surface area (Å²) in [5, 5.41) is 2.69. The molecular formula is C14H9FN2O2S2. The molecule has 2 aromatic heterocycles. The van der Waals surface area contributed by atoms with Gasteiger partial charge in [0.1, 0.15) is 11.4 Å². The van der Waals surface area contributed by atoms with Crippen molar-refractivity contribution in [3.63, 3.8) is 0 Å². The molecule has 0 unspecified atom stereocenters. The van der Waals surface area contributed by atoms with Crippen molar-refractivity contribution in [3.8, 4) is 11.5 Å². The highest BCUT2D eigenvalue weighted by molar-refractivity contribution is 8.00. The molecule has 0 amide bonds. The number of nitroso groups, excluding NO2 is 1. The van der Waals surface area contributed by atoms with E-state index in [0.29, 0.717) is 5.75 Å². The van der Waals surface area contributed by atoms with Crippen molar-refractivity contribution < 1.29 is 9.13 Å². The highest BCUT2D eigenvalue weighted by Crippen LogP contribution is 2.38. The summed E-state index contributed by atoms with van der Waals surface area (Å²) in [7, 11) is 0. The zero-order chi connectivity index (χ0) is 14.8. The normalized spacial score (nSPS) is 10.8. The van der Waals surface area contributed by atoms with Gasteiger partial charge in [0.2, 0.25) is 0 Å². The Balaban J connectivity index is 2.01. The minimum Gasteiger partial charge on any atom is -0.453 e. The Labute approximate surface area is 127 Å². The average molecular weight is 320 g/mol. The van der Waals surface area contributed by atoms with Gasteiger partial charge in [-0.25, -0.2) is 4.39 Å². The minimum absolute atomic E-state index is 0.0283. The summed E-state index contributed by atoms with van der Waals surface area (Å²) in [5.41, 5.74) is 0.842. The maximum atomic E-state index is 13.9. The fraction of sp³-hybridized carbons (Fsp3) is 0.0714. The highest BCUT2D eigenvalue weighted by Gasteiger charge is 2.12. The molecule has 0 aliphatic carbocycles. The number of aromatic nitrogens is 1. The van der Waals surface area contributed by atoms with Crippen LogP contribution in [0, 0.1) is 10.7 Å². The Hall–Kier alpha value is -1.99. The first-order valence-corrected chi connectivity index (χ1v) is 7.98. The van der Waals surface area contributed by atoms with E-state index in [1.165, 1.54) is 12.1 Å². The van der Waals surface area contributed by atoms with E-state index in [1.807, 2.05) is 12.3 Å². The SMILES string of the molecule is CSc1cc2nccc(Oc3ccc(N=O)cc3F)c2s1. The van der Waals surface area contributed by atoms with E-state index in [2.05, 4.69) is 10.2 Å². The average Bonchev–Trinajstić information content (AvgIpc) is 2.93. The van der Waals surface area contributed by atoms with Gasteiger partial charge in [-0.05, 0) is 29.6 Å². The molecule has 0 bridgehead atoms. The van der Waals surface area contributed by atoms with Crippen molar-refractivity contribution in [2.75, 3.05) is 6.26 Å². The molecule has 0 radical (unpaired) electrons. The molecule has 0 aliphatic rings. The standard InChI is InChI=1S/C14H9FN2O2S2/c1-20-13-7-10-14(21-13)12(4-5-16-10)19-11-3-2-8(17-18)6-9(11)15/h2-7H,1H3. The fourth-order valence-corrected chi connectivity index (χ4v) is 3.43. The number of ether oxygens (including phenoxy) is 1. The van der Waals surface area contributed by atoms with Crippen LogP contribution in [0.5, 0.6) is 11.5 Å². The van der Waals surface area contributed by atoms with Gasteiger partial charge in [-0.2, -0.15) is 0 Å². The second-order valence-electron chi connectivity index (χ2n) is 4.10. The summed E-state index contributed by atoms with van der Waals surface area (Å²) >= 11 is 3.16. The Bertz CT molecular complexity index is 820. The summed E-state index contributed by atoms with van der Waals surface area (Å²) in [5.74, 6) is -0.0382. The molecule has 3 aromatic rings. The molecule has 0 atom stereocenters. The van der Waals surface area contributed by atoms with Crippen molar-refractivity contribution in [2.24, 2.45) is 5.18 Å². The third-order valence-electron chi connectivity index (χ3n) is 2.80. The van der Waals surface area contributed by atoms with Crippen molar-refractivity contribution in [1.82, 2.24) is 4.98 Å². The predicted octanol–water partition coefficient (Wildman–Crippen LogP) is 5.35. The predicted molar refractivity (Wildman–Crippen MR) is 83.3 cm³/mol. The largest absolute Gasteiger partial charge is 0.453 e. The van der Waals surface area contributed by atoms with Crippen LogP contribution in [0.2, 0.25) is 0 Å². The lowest BCUT2D eigenvalue weighted by Gasteiger charge is -2.07. The summed E-state index contributed by atoms with van der Waals surface area (Å²) in [6, 6.07) is 7.50. The second kappa shape index (κ2) is 5.79. The molecule has 4 nitrogen and oxygen atoms in total. The van der Waals surface area contributed by atoms with Gasteiger partial charge in [0.15, 0.2) is 11.6 Å². The Morgan fingerprint density at radius 1 is 1.29 bits per heavy atom. The zero-order valence-corrected chi connectivity index (χ0v) is 12.5. The smallest absolute Gasteiger partial charge is 0.167 e. The molecule has 0 aliphatic heterocycles. The lowest BCUT2D eigenvalue weighted by molar-refractivity contribution is 0.447. The van der Waals surface area contributed by atoms with Crippen LogP contribution in [-0.4, -0.2) is 11.2 Å². The van der Waals surface area contributed by atoms with Crippen LogP contribution in [0.3, 0.4) is 0 Å². The van der Waals surface area contributed by atoms with E-state index >= 15 is 0 Å². The molecule has 21 heavy (non-hydrogen) atoms. The van der Waals surface area contributed by atoms with Gasteiger partial charge >= 0.3 is 0 Å². The number of thiophene rings is 1. The Morgan fingerprint density at radius 2 is 2.14 bits per heavy atom. The molecule has 0 saturated carbocycles. The van der Waals surface area contributed by atoms with Crippen molar-refractivity contribution >= 4 is 39.0 Å². The maximum Gasteiger partial charge on any atom is 0.167 e. The van der Waals surface area contributed by atoms with Gasteiger partial charge in [0.25, 0.3) is 0 Å². The van der Waals surface area contributed by atoms with Crippen LogP contribution in [-0.2, 0) is 0 Å². The van der Waals surface area contributed by atoms with Crippen LogP contribution in [0.4, 0.5) is 10.1 Å². The third-order valence-corrected chi connectivity index (χ3v) is 5.00. The number of benzene rings is 1. The van der Waals surface area contributed by atoms with E-state index in [1.54, 1.807) is 35.4 Å². The van der Waals surface area contributed by atoms with E-state index in [9.17, 15) is 9.30 Å². The number of pyridine rings is 1. The van der Waals surface area contributed by atoms with Gasteiger partial charge < -0.3 is 4.74 Å². The van der Waals surface area contributed by atoms with Gasteiger partial charge in [-0.3, -0.25) is 4.98 Å². The number of thioether (sulfide) groups is 1. The molecule has 0 spiro atoms. The molecule has 7 heteroatoms. The first-order valence-electron chi connectivity index (χ1n) is 5.94. The van der Waals surface area contributed by atoms with Gasteiger partial charge in [-0.1, -0.05) is 0 Å². The van der Waals surface area contributed by atoms with Crippen LogP contribution in [0.1, 0.15) is 0 Å². The van der Waals surface area contributed by atoms with Crippen LogP contribution >= 0.6 is 23.1 Å². The second-order valence-corrected chi connectivity index (χ2v) is 6.26. The molecule has 0 N–H and O–H groups in total. The van der Waals surface area contributed by atoms with Crippen molar-refractivity contribution in [1.29, 1.82) is 0 Å². The zero-order valence-electron chi connectivity index (χ0n) is 10.9. The summed E-state index contributed by atoms with van der Waals surface area (Å²) in [6.07, 6.45) is 3.60. The van der Waals surface area contributed by atoms with E-state index in [-0.39, 0.29) is 11.4 Å². The lowest BCUT2D eigenvalue weighted by Crippen LogP contribution is -1.88. The quantitative estimate of drug-likeness (QED) is 0.480. The first kappa shape index (κ1) is 14.0. The van der Waals surface area contributed by atoms with Crippen molar-refractivity contribution in [3.05, 3.63) is 47.3 Å². The van der Waals surface area contributed by atoms with E-state index < -0.39 is 5.82 Å². The lowest BCUT2D eigenvalue weighted by atomic mass is 10.3. The van der Waals surface area contributed by atoms with Gasteiger partial charge in [-0.15, -0.1) is 28.0 Å². The number of hydrogen-bond donors (Lipinski definition) is 0. The number of fused-ring (bicyclic) bond motifs is 1.